The first-order valence-corrected chi connectivity index (χ1v) is 3.91. The fraction of sp³-hybridized carbons (Fsp3) is 0.857. The molecule has 2 atom stereocenters. The molecular formula is C7H15N3O. The summed E-state index contributed by atoms with van der Waals surface area (Å²) in [4.78, 5) is 12.3. The number of amides is 2. The molecule has 0 aliphatic carbocycles. The Kier molecular flexibility index (Phi) is 2.34. The summed E-state index contributed by atoms with van der Waals surface area (Å²) in [6.45, 7) is 3.46. The van der Waals surface area contributed by atoms with Crippen LogP contribution in [0, 0.1) is 5.92 Å². The van der Waals surface area contributed by atoms with Crippen molar-refractivity contribution in [3.05, 3.63) is 0 Å². The van der Waals surface area contributed by atoms with Gasteiger partial charge in [0.2, 0.25) is 0 Å². The Hall–Kier alpha value is -0.770. The van der Waals surface area contributed by atoms with E-state index in [9.17, 15) is 4.79 Å². The second-order valence-corrected chi connectivity index (χ2v) is 3.19. The van der Waals surface area contributed by atoms with Crippen LogP contribution in [0.3, 0.4) is 0 Å². The van der Waals surface area contributed by atoms with Crippen molar-refractivity contribution in [1.29, 1.82) is 0 Å². The minimum absolute atomic E-state index is 0.166. The van der Waals surface area contributed by atoms with Gasteiger partial charge in [-0.2, -0.15) is 0 Å². The van der Waals surface area contributed by atoms with Crippen LogP contribution in [0.4, 0.5) is 4.79 Å². The molecule has 4 heteroatoms. The lowest BCUT2D eigenvalue weighted by atomic mass is 10.0. The number of carbonyl (C=O) groups is 1. The summed E-state index contributed by atoms with van der Waals surface area (Å²) < 4.78 is 0. The van der Waals surface area contributed by atoms with Gasteiger partial charge in [-0.1, -0.05) is 0 Å². The van der Waals surface area contributed by atoms with Crippen LogP contribution in [-0.2, 0) is 0 Å². The molecule has 0 saturated carbocycles. The van der Waals surface area contributed by atoms with Gasteiger partial charge in [0.1, 0.15) is 0 Å². The van der Waals surface area contributed by atoms with Crippen molar-refractivity contribution in [3.63, 3.8) is 0 Å². The standard InChI is InChI=1S/C7H15N3O/c1-5(8)6-2-3-10(4-6)7(9)11/h5-6H,2-4,8H2,1H3,(H2,9,11). The van der Waals surface area contributed by atoms with E-state index in [0.717, 1.165) is 19.5 Å². The highest BCUT2D eigenvalue weighted by atomic mass is 16.2. The van der Waals surface area contributed by atoms with Crippen molar-refractivity contribution in [1.82, 2.24) is 4.90 Å². The van der Waals surface area contributed by atoms with E-state index in [1.54, 1.807) is 4.90 Å². The first-order valence-electron chi connectivity index (χ1n) is 3.91. The predicted molar refractivity (Wildman–Crippen MR) is 42.9 cm³/mol. The van der Waals surface area contributed by atoms with Crippen LogP contribution in [0.1, 0.15) is 13.3 Å². The molecule has 1 fully saturated rings. The Labute approximate surface area is 66.5 Å². The zero-order valence-corrected chi connectivity index (χ0v) is 6.79. The molecule has 4 nitrogen and oxygen atoms in total. The molecule has 0 radical (unpaired) electrons. The Morgan fingerprint density at radius 3 is 2.64 bits per heavy atom. The number of likely N-dealkylation sites (tertiary alicyclic amines) is 1. The van der Waals surface area contributed by atoms with Crippen LogP contribution >= 0.6 is 0 Å². The Morgan fingerprint density at radius 1 is 1.73 bits per heavy atom. The van der Waals surface area contributed by atoms with Crippen molar-refractivity contribution in [3.8, 4) is 0 Å². The highest BCUT2D eigenvalue weighted by Gasteiger charge is 2.26. The summed E-state index contributed by atoms with van der Waals surface area (Å²) in [5, 5.41) is 0. The van der Waals surface area contributed by atoms with E-state index < -0.39 is 0 Å². The van der Waals surface area contributed by atoms with Crippen molar-refractivity contribution >= 4 is 6.03 Å². The normalized spacial score (nSPS) is 27.1. The summed E-state index contributed by atoms with van der Waals surface area (Å²) in [6, 6.07) is -0.160. The van der Waals surface area contributed by atoms with Crippen LogP contribution in [0.15, 0.2) is 0 Å². The van der Waals surface area contributed by atoms with Crippen molar-refractivity contribution in [2.24, 2.45) is 17.4 Å². The van der Waals surface area contributed by atoms with Gasteiger partial charge in [-0.05, 0) is 19.3 Å². The van der Waals surface area contributed by atoms with Gasteiger partial charge in [0, 0.05) is 19.1 Å². The molecular weight excluding hydrogens is 142 g/mol. The van der Waals surface area contributed by atoms with Crippen LogP contribution < -0.4 is 11.5 Å². The van der Waals surface area contributed by atoms with Gasteiger partial charge in [0.15, 0.2) is 0 Å². The Balaban J connectivity index is 2.41. The molecule has 2 amide bonds. The Morgan fingerprint density at radius 2 is 2.36 bits per heavy atom. The molecule has 0 aromatic rings. The molecule has 0 bridgehead atoms. The lowest BCUT2D eigenvalue weighted by Crippen LogP contribution is -2.36. The quantitative estimate of drug-likeness (QED) is 0.550. The topological polar surface area (TPSA) is 72.3 Å². The number of carbonyl (C=O) groups excluding carboxylic acids is 1. The second kappa shape index (κ2) is 3.09. The van der Waals surface area contributed by atoms with E-state index in [1.807, 2.05) is 6.92 Å². The van der Waals surface area contributed by atoms with Gasteiger partial charge < -0.3 is 16.4 Å². The fourth-order valence-corrected chi connectivity index (χ4v) is 1.42. The summed E-state index contributed by atoms with van der Waals surface area (Å²) in [7, 11) is 0. The zero-order chi connectivity index (χ0) is 8.43. The molecule has 0 aromatic heterocycles. The van der Waals surface area contributed by atoms with Crippen LogP contribution in [-0.4, -0.2) is 30.1 Å². The van der Waals surface area contributed by atoms with Gasteiger partial charge in [0.05, 0.1) is 0 Å². The van der Waals surface area contributed by atoms with E-state index in [2.05, 4.69) is 0 Å². The van der Waals surface area contributed by atoms with Gasteiger partial charge >= 0.3 is 6.03 Å². The van der Waals surface area contributed by atoms with Crippen molar-refractivity contribution < 1.29 is 4.79 Å². The predicted octanol–water partition coefficient (Wildman–Crippen LogP) is -0.266. The van der Waals surface area contributed by atoms with E-state index in [0.29, 0.717) is 5.92 Å². The molecule has 11 heavy (non-hydrogen) atoms. The summed E-state index contributed by atoms with van der Waals surface area (Å²) >= 11 is 0. The summed E-state index contributed by atoms with van der Waals surface area (Å²) in [6.07, 6.45) is 0.987. The average Bonchev–Trinajstić information content (AvgIpc) is 2.33. The van der Waals surface area contributed by atoms with Crippen LogP contribution in [0.2, 0.25) is 0 Å². The van der Waals surface area contributed by atoms with Crippen LogP contribution in [0.25, 0.3) is 0 Å². The minimum Gasteiger partial charge on any atom is -0.351 e. The third-order valence-electron chi connectivity index (χ3n) is 2.28. The van der Waals surface area contributed by atoms with Crippen molar-refractivity contribution in [2.75, 3.05) is 13.1 Å². The maximum atomic E-state index is 10.7. The maximum absolute atomic E-state index is 10.7. The first kappa shape index (κ1) is 8.33. The van der Waals surface area contributed by atoms with Crippen molar-refractivity contribution in [2.45, 2.75) is 19.4 Å². The highest BCUT2D eigenvalue weighted by molar-refractivity contribution is 5.72. The number of nitrogens with two attached hydrogens (primary N) is 2. The molecule has 64 valence electrons. The Bertz CT molecular complexity index is 158. The largest absolute Gasteiger partial charge is 0.351 e. The van der Waals surface area contributed by atoms with E-state index in [4.69, 9.17) is 11.5 Å². The number of nitrogens with zero attached hydrogens (tertiary/aromatic N) is 1. The highest BCUT2D eigenvalue weighted by Crippen LogP contribution is 2.17. The van der Waals surface area contributed by atoms with Gasteiger partial charge in [0.25, 0.3) is 0 Å². The van der Waals surface area contributed by atoms with E-state index >= 15 is 0 Å². The lowest BCUT2D eigenvalue weighted by molar-refractivity contribution is 0.216. The number of hydrogen-bond donors (Lipinski definition) is 2. The smallest absolute Gasteiger partial charge is 0.314 e. The number of hydrogen-bond acceptors (Lipinski definition) is 2. The molecule has 0 aromatic carbocycles. The second-order valence-electron chi connectivity index (χ2n) is 3.19. The van der Waals surface area contributed by atoms with E-state index in [-0.39, 0.29) is 12.1 Å². The molecule has 1 aliphatic heterocycles. The number of urea groups is 1. The molecule has 2 unspecified atom stereocenters. The maximum Gasteiger partial charge on any atom is 0.314 e. The fourth-order valence-electron chi connectivity index (χ4n) is 1.42. The van der Waals surface area contributed by atoms with E-state index in [1.165, 1.54) is 0 Å². The number of primary amides is 1. The third kappa shape index (κ3) is 1.83. The van der Waals surface area contributed by atoms with Gasteiger partial charge in [-0.25, -0.2) is 4.79 Å². The van der Waals surface area contributed by atoms with Gasteiger partial charge in [-0.3, -0.25) is 0 Å². The molecule has 0 spiro atoms. The molecule has 1 aliphatic rings. The monoisotopic (exact) mass is 157 g/mol. The van der Waals surface area contributed by atoms with Gasteiger partial charge in [-0.15, -0.1) is 0 Å². The zero-order valence-electron chi connectivity index (χ0n) is 6.79. The average molecular weight is 157 g/mol. The lowest BCUT2D eigenvalue weighted by Gasteiger charge is -2.15. The molecule has 1 saturated heterocycles. The molecule has 4 N–H and O–H groups in total. The number of rotatable bonds is 1. The molecule has 1 heterocycles. The SMILES string of the molecule is CC(N)C1CCN(C(N)=O)C1. The molecule has 1 rings (SSSR count). The first-order chi connectivity index (χ1) is 5.11. The minimum atomic E-state index is -0.326. The summed E-state index contributed by atoms with van der Waals surface area (Å²) in [5.41, 5.74) is 10.8. The van der Waals surface area contributed by atoms with Crippen LogP contribution in [0.5, 0.6) is 0 Å². The third-order valence-corrected chi connectivity index (χ3v) is 2.28. The summed E-state index contributed by atoms with van der Waals surface area (Å²) in [5.74, 6) is 0.433.